The van der Waals surface area contributed by atoms with E-state index in [1.54, 1.807) is 12.1 Å². The van der Waals surface area contributed by atoms with Crippen LogP contribution in [0.2, 0.25) is 0 Å². The number of carbonyl (C=O) groups is 2. The Balaban J connectivity index is 1.36. The van der Waals surface area contributed by atoms with Gasteiger partial charge in [0.25, 0.3) is 5.91 Å². The molecule has 7 heteroatoms. The first-order valence-corrected chi connectivity index (χ1v) is 14.7. The lowest BCUT2D eigenvalue weighted by atomic mass is 10.1. The zero-order chi connectivity index (χ0) is 29.9. The van der Waals surface area contributed by atoms with Gasteiger partial charge in [0.2, 0.25) is 0 Å². The van der Waals surface area contributed by atoms with E-state index in [4.69, 9.17) is 4.98 Å². The van der Waals surface area contributed by atoms with E-state index in [1.807, 2.05) is 78.4 Å². The standard InChI is InChI=1S/C36H34N4O3/c1-3-10-33-38-34-24(2)21-27(35(41)37-19-17-25-11-5-4-6-12-25)22-32(34)40(33)23-26-13-9-16-30-28(26)18-20-39(30)31-15-8-7-14-29(31)36(42)43/h4-9,11-16,18,20-22H,3,10,17,19,23H2,1-2H3,(H,37,41)(H,42,43). The first-order chi connectivity index (χ1) is 20.9. The van der Waals surface area contributed by atoms with Gasteiger partial charge in [0.1, 0.15) is 5.82 Å². The summed E-state index contributed by atoms with van der Waals surface area (Å²) in [5.74, 6) is -0.0742. The van der Waals surface area contributed by atoms with Gasteiger partial charge < -0.3 is 19.6 Å². The van der Waals surface area contributed by atoms with Gasteiger partial charge in [-0.2, -0.15) is 0 Å². The van der Waals surface area contributed by atoms with Crippen LogP contribution in [-0.4, -0.2) is 37.6 Å². The van der Waals surface area contributed by atoms with Crippen molar-refractivity contribution in [2.75, 3.05) is 6.54 Å². The van der Waals surface area contributed by atoms with Crippen molar-refractivity contribution in [3.8, 4) is 5.69 Å². The molecule has 2 aromatic heterocycles. The number of carboxylic acid groups (broad SMARTS) is 1. The summed E-state index contributed by atoms with van der Waals surface area (Å²) in [5.41, 5.74) is 7.52. The van der Waals surface area contributed by atoms with Crippen LogP contribution >= 0.6 is 0 Å². The van der Waals surface area contributed by atoms with Gasteiger partial charge in [0.05, 0.1) is 34.3 Å². The highest BCUT2D eigenvalue weighted by atomic mass is 16.4. The highest BCUT2D eigenvalue weighted by molar-refractivity contribution is 5.98. The number of fused-ring (bicyclic) bond motifs is 2. The molecule has 0 unspecified atom stereocenters. The minimum Gasteiger partial charge on any atom is -0.478 e. The Morgan fingerprint density at radius 1 is 0.884 bits per heavy atom. The molecule has 0 aliphatic heterocycles. The summed E-state index contributed by atoms with van der Waals surface area (Å²) in [6.45, 7) is 5.29. The zero-order valence-electron chi connectivity index (χ0n) is 24.4. The topological polar surface area (TPSA) is 89.2 Å². The van der Waals surface area contributed by atoms with Gasteiger partial charge in [0.15, 0.2) is 0 Å². The second-order valence-electron chi connectivity index (χ2n) is 10.9. The minimum absolute atomic E-state index is 0.0954. The van der Waals surface area contributed by atoms with Crippen molar-refractivity contribution in [1.82, 2.24) is 19.4 Å². The quantitative estimate of drug-likeness (QED) is 0.186. The van der Waals surface area contributed by atoms with E-state index in [0.717, 1.165) is 58.2 Å². The molecule has 7 nitrogen and oxygen atoms in total. The second kappa shape index (κ2) is 12.0. The molecular formula is C36H34N4O3. The number of hydrogen-bond acceptors (Lipinski definition) is 3. The summed E-state index contributed by atoms with van der Waals surface area (Å²) < 4.78 is 4.16. The number of carboxylic acids is 1. The van der Waals surface area contributed by atoms with Gasteiger partial charge in [-0.3, -0.25) is 4.79 Å². The van der Waals surface area contributed by atoms with Crippen LogP contribution in [-0.2, 0) is 19.4 Å². The van der Waals surface area contributed by atoms with Gasteiger partial charge in [-0.15, -0.1) is 0 Å². The Labute approximate surface area is 250 Å². The van der Waals surface area contributed by atoms with E-state index >= 15 is 0 Å². The number of imidazole rings is 1. The molecule has 6 rings (SSSR count). The van der Waals surface area contributed by atoms with Crippen molar-refractivity contribution in [2.24, 2.45) is 0 Å². The molecule has 0 spiro atoms. The van der Waals surface area contributed by atoms with Crippen LogP contribution in [0.5, 0.6) is 0 Å². The van der Waals surface area contributed by atoms with Gasteiger partial charge in [-0.1, -0.05) is 61.5 Å². The van der Waals surface area contributed by atoms with Crippen LogP contribution in [0.4, 0.5) is 0 Å². The van der Waals surface area contributed by atoms with Gasteiger partial charge in [-0.25, -0.2) is 9.78 Å². The highest BCUT2D eigenvalue weighted by Crippen LogP contribution is 2.29. The number of rotatable bonds is 10. The van der Waals surface area contributed by atoms with E-state index in [-0.39, 0.29) is 11.5 Å². The number of para-hydroxylation sites is 1. The number of benzene rings is 4. The maximum absolute atomic E-state index is 13.2. The molecule has 0 saturated heterocycles. The fraction of sp³-hybridized carbons (Fsp3) is 0.194. The third kappa shape index (κ3) is 5.54. The van der Waals surface area contributed by atoms with Crippen molar-refractivity contribution >= 4 is 33.8 Å². The first kappa shape index (κ1) is 28.0. The maximum atomic E-state index is 13.2. The lowest BCUT2D eigenvalue weighted by Gasteiger charge is -2.13. The van der Waals surface area contributed by atoms with E-state index in [2.05, 4.69) is 35.0 Å². The molecule has 2 N–H and O–H groups in total. The van der Waals surface area contributed by atoms with E-state index in [0.29, 0.717) is 24.3 Å². The minimum atomic E-state index is -0.960. The average molecular weight is 571 g/mol. The molecule has 0 bridgehead atoms. The molecule has 0 radical (unpaired) electrons. The average Bonchev–Trinajstić information content (AvgIpc) is 3.60. The maximum Gasteiger partial charge on any atom is 0.337 e. The monoisotopic (exact) mass is 570 g/mol. The molecule has 0 aliphatic rings. The Morgan fingerprint density at radius 3 is 2.47 bits per heavy atom. The van der Waals surface area contributed by atoms with Crippen molar-refractivity contribution < 1.29 is 14.7 Å². The summed E-state index contributed by atoms with van der Waals surface area (Å²) in [5, 5.41) is 13.9. The number of hydrogen-bond donors (Lipinski definition) is 2. The van der Waals surface area contributed by atoms with Crippen LogP contribution in [0.15, 0.2) is 97.2 Å². The molecule has 2 heterocycles. The molecule has 43 heavy (non-hydrogen) atoms. The number of amides is 1. The number of aryl methyl sites for hydroxylation is 2. The highest BCUT2D eigenvalue weighted by Gasteiger charge is 2.18. The molecule has 0 aliphatic carbocycles. The van der Waals surface area contributed by atoms with Crippen LogP contribution in [0.3, 0.4) is 0 Å². The number of nitrogens with one attached hydrogen (secondary N) is 1. The number of aromatic nitrogens is 3. The number of nitrogens with zero attached hydrogens (tertiary/aromatic N) is 3. The summed E-state index contributed by atoms with van der Waals surface area (Å²) in [6, 6.07) is 29.2. The van der Waals surface area contributed by atoms with Crippen molar-refractivity contribution in [3.05, 3.63) is 131 Å². The molecule has 0 saturated carbocycles. The van der Waals surface area contributed by atoms with E-state index < -0.39 is 5.97 Å². The fourth-order valence-corrected chi connectivity index (χ4v) is 5.84. The number of aromatic carboxylic acids is 1. The second-order valence-corrected chi connectivity index (χ2v) is 10.9. The van der Waals surface area contributed by atoms with Crippen molar-refractivity contribution in [3.63, 3.8) is 0 Å². The lowest BCUT2D eigenvalue weighted by Crippen LogP contribution is -2.25. The molecule has 6 aromatic rings. The summed E-state index contributed by atoms with van der Waals surface area (Å²) in [6.07, 6.45) is 4.46. The molecule has 0 atom stereocenters. The van der Waals surface area contributed by atoms with Gasteiger partial charge in [0, 0.05) is 30.1 Å². The Kier molecular flexibility index (Phi) is 7.79. The smallest absolute Gasteiger partial charge is 0.337 e. The number of carbonyl (C=O) groups excluding carboxylic acids is 1. The van der Waals surface area contributed by atoms with E-state index in [1.165, 1.54) is 5.56 Å². The first-order valence-electron chi connectivity index (χ1n) is 14.7. The molecule has 1 amide bonds. The van der Waals surface area contributed by atoms with Crippen molar-refractivity contribution in [2.45, 2.75) is 39.7 Å². The Hall–Kier alpha value is -5.17. The molecule has 4 aromatic carbocycles. The Morgan fingerprint density at radius 2 is 1.67 bits per heavy atom. The predicted octanol–water partition coefficient (Wildman–Crippen LogP) is 6.96. The van der Waals surface area contributed by atoms with Crippen LogP contribution in [0, 0.1) is 6.92 Å². The summed E-state index contributed by atoms with van der Waals surface area (Å²) in [4.78, 5) is 30.2. The SMILES string of the molecule is CCCc1nc2c(C)cc(C(=O)NCCc3ccccc3)cc2n1Cc1cccc2c1ccn2-c1ccccc1C(=O)O. The molecule has 216 valence electrons. The normalized spacial score (nSPS) is 11.3. The predicted molar refractivity (Wildman–Crippen MR) is 170 cm³/mol. The summed E-state index contributed by atoms with van der Waals surface area (Å²) in [7, 11) is 0. The van der Waals surface area contributed by atoms with Crippen LogP contribution < -0.4 is 5.32 Å². The van der Waals surface area contributed by atoms with Crippen molar-refractivity contribution in [1.29, 1.82) is 0 Å². The zero-order valence-corrected chi connectivity index (χ0v) is 24.4. The summed E-state index contributed by atoms with van der Waals surface area (Å²) >= 11 is 0. The van der Waals surface area contributed by atoms with Crippen LogP contribution in [0.1, 0.15) is 56.6 Å². The third-order valence-electron chi connectivity index (χ3n) is 7.95. The van der Waals surface area contributed by atoms with E-state index in [9.17, 15) is 14.7 Å². The van der Waals surface area contributed by atoms with Crippen LogP contribution in [0.25, 0.3) is 27.6 Å². The largest absolute Gasteiger partial charge is 0.478 e. The van der Waals surface area contributed by atoms with Gasteiger partial charge in [-0.05, 0) is 72.9 Å². The lowest BCUT2D eigenvalue weighted by molar-refractivity contribution is 0.0696. The third-order valence-corrected chi connectivity index (χ3v) is 7.95. The molecule has 0 fully saturated rings. The fourth-order valence-electron chi connectivity index (χ4n) is 5.84. The van der Waals surface area contributed by atoms with Gasteiger partial charge >= 0.3 is 5.97 Å². The molecular weight excluding hydrogens is 536 g/mol. The Bertz CT molecular complexity index is 1950.